The van der Waals surface area contributed by atoms with E-state index in [1.807, 2.05) is 31.1 Å². The van der Waals surface area contributed by atoms with Gasteiger partial charge in [-0.05, 0) is 33.4 Å². The molecular formula is C14H24N4O3. The molecule has 0 saturated heterocycles. The van der Waals surface area contributed by atoms with Crippen LogP contribution in [0.15, 0.2) is 10.5 Å². The van der Waals surface area contributed by atoms with Crippen molar-refractivity contribution in [1.82, 2.24) is 15.6 Å². The molecule has 0 atom stereocenters. The van der Waals surface area contributed by atoms with Crippen molar-refractivity contribution in [3.63, 3.8) is 0 Å². The molecule has 118 valence electrons. The van der Waals surface area contributed by atoms with Gasteiger partial charge in [-0.25, -0.2) is 5.84 Å². The Balaban J connectivity index is 2.69. The molecule has 0 bridgehead atoms. The summed E-state index contributed by atoms with van der Waals surface area (Å²) in [4.78, 5) is 25.2. The van der Waals surface area contributed by atoms with E-state index in [1.54, 1.807) is 13.0 Å². The molecule has 0 fully saturated rings. The third-order valence-corrected chi connectivity index (χ3v) is 2.95. The number of carbonyl (C=O) groups is 2. The molecule has 0 radical (unpaired) electrons. The molecular weight excluding hydrogens is 272 g/mol. The smallest absolute Gasteiger partial charge is 0.301 e. The topological polar surface area (TPSA) is 101 Å². The van der Waals surface area contributed by atoms with Gasteiger partial charge in [0.25, 0.3) is 0 Å². The van der Waals surface area contributed by atoms with Crippen LogP contribution < -0.4 is 16.6 Å². The molecule has 1 aromatic heterocycles. The Labute approximate surface area is 124 Å². The molecule has 21 heavy (non-hydrogen) atoms. The molecule has 4 N–H and O–H groups in total. The van der Waals surface area contributed by atoms with Gasteiger partial charge in [0.1, 0.15) is 5.76 Å². The lowest BCUT2D eigenvalue weighted by molar-refractivity contribution is -0.122. The van der Waals surface area contributed by atoms with Crippen molar-refractivity contribution in [3.05, 3.63) is 23.2 Å². The summed E-state index contributed by atoms with van der Waals surface area (Å²) in [5.74, 6) is 5.44. The number of hydrogen-bond acceptors (Lipinski definition) is 5. The highest BCUT2D eigenvalue weighted by atomic mass is 16.4. The van der Waals surface area contributed by atoms with Crippen molar-refractivity contribution in [2.45, 2.75) is 40.3 Å². The number of likely N-dealkylation sites (N-methyl/N-ethyl adjacent to an activating group) is 1. The fourth-order valence-electron chi connectivity index (χ4n) is 1.99. The summed E-state index contributed by atoms with van der Waals surface area (Å²) in [5, 5.41) is 2.85. The van der Waals surface area contributed by atoms with Crippen molar-refractivity contribution in [3.8, 4) is 0 Å². The second-order valence-electron chi connectivity index (χ2n) is 5.22. The Morgan fingerprint density at radius 1 is 1.43 bits per heavy atom. The third-order valence-electron chi connectivity index (χ3n) is 2.95. The van der Waals surface area contributed by atoms with E-state index in [2.05, 4.69) is 5.32 Å². The van der Waals surface area contributed by atoms with Crippen LogP contribution in [0.4, 0.5) is 0 Å². The van der Waals surface area contributed by atoms with Crippen LogP contribution in [0.3, 0.4) is 0 Å². The van der Waals surface area contributed by atoms with Gasteiger partial charge in [0.2, 0.25) is 5.91 Å². The summed E-state index contributed by atoms with van der Waals surface area (Å²) >= 11 is 0. The number of nitrogen functional groups attached to an aromatic ring is 1. The lowest BCUT2D eigenvalue weighted by atomic mass is 10.2. The van der Waals surface area contributed by atoms with Gasteiger partial charge in [0, 0.05) is 11.6 Å². The predicted molar refractivity (Wildman–Crippen MR) is 79.3 cm³/mol. The first-order valence-corrected chi connectivity index (χ1v) is 6.99. The van der Waals surface area contributed by atoms with Crippen LogP contribution >= 0.6 is 0 Å². The first-order chi connectivity index (χ1) is 9.87. The first-order valence-electron chi connectivity index (χ1n) is 6.99. The van der Waals surface area contributed by atoms with Gasteiger partial charge in [0.15, 0.2) is 5.76 Å². The number of nitrogens with zero attached hydrogens (tertiary/aromatic N) is 1. The number of nitrogens with one attached hydrogen (secondary N) is 2. The van der Waals surface area contributed by atoms with Crippen LogP contribution in [-0.4, -0.2) is 35.8 Å². The summed E-state index contributed by atoms with van der Waals surface area (Å²) in [6, 6.07) is 1.90. The van der Waals surface area contributed by atoms with Crippen LogP contribution in [-0.2, 0) is 11.3 Å². The number of nitrogens with two attached hydrogens (primary N) is 1. The minimum absolute atomic E-state index is 0.0324. The SMILES string of the molecule is CCN(CC(=O)NC(C)C)Cc1cc(C)c(C(=O)NN)o1. The summed E-state index contributed by atoms with van der Waals surface area (Å²) < 4.78 is 5.50. The fraction of sp³-hybridized carbons (Fsp3) is 0.571. The highest BCUT2D eigenvalue weighted by Crippen LogP contribution is 2.16. The zero-order valence-electron chi connectivity index (χ0n) is 13.0. The van der Waals surface area contributed by atoms with Crippen LogP contribution in [0, 0.1) is 6.92 Å². The van der Waals surface area contributed by atoms with Crippen molar-refractivity contribution >= 4 is 11.8 Å². The van der Waals surface area contributed by atoms with Crippen molar-refractivity contribution in [1.29, 1.82) is 0 Å². The summed E-state index contributed by atoms with van der Waals surface area (Å²) in [6.07, 6.45) is 0. The number of amides is 2. The quantitative estimate of drug-likeness (QED) is 0.387. The fourth-order valence-corrected chi connectivity index (χ4v) is 1.99. The lowest BCUT2D eigenvalue weighted by Crippen LogP contribution is -2.39. The maximum absolute atomic E-state index is 11.8. The second kappa shape index (κ2) is 7.80. The second-order valence-corrected chi connectivity index (χ2v) is 5.22. The number of hydrogen-bond donors (Lipinski definition) is 3. The molecule has 7 heteroatoms. The average Bonchev–Trinajstić information content (AvgIpc) is 2.77. The summed E-state index contributed by atoms with van der Waals surface area (Å²) in [6.45, 7) is 9.02. The Morgan fingerprint density at radius 3 is 2.62 bits per heavy atom. The van der Waals surface area contributed by atoms with E-state index in [9.17, 15) is 9.59 Å². The van der Waals surface area contributed by atoms with Crippen molar-refractivity contribution in [2.75, 3.05) is 13.1 Å². The molecule has 1 rings (SSSR count). The third kappa shape index (κ3) is 5.20. The maximum Gasteiger partial charge on any atom is 0.301 e. The predicted octanol–water partition coefficient (Wildman–Crippen LogP) is 0.538. The van der Waals surface area contributed by atoms with E-state index in [0.29, 0.717) is 18.8 Å². The van der Waals surface area contributed by atoms with E-state index in [1.165, 1.54) is 0 Å². The van der Waals surface area contributed by atoms with Crippen molar-refractivity contribution in [2.24, 2.45) is 5.84 Å². The molecule has 0 spiro atoms. The van der Waals surface area contributed by atoms with Gasteiger partial charge >= 0.3 is 5.91 Å². The number of hydrazine groups is 1. The lowest BCUT2D eigenvalue weighted by Gasteiger charge is -2.19. The van der Waals surface area contributed by atoms with Crippen LogP contribution in [0.2, 0.25) is 0 Å². The highest BCUT2D eigenvalue weighted by Gasteiger charge is 2.17. The molecule has 0 saturated carbocycles. The molecule has 1 heterocycles. The molecule has 0 aliphatic rings. The van der Waals surface area contributed by atoms with Crippen LogP contribution in [0.1, 0.15) is 42.6 Å². The Hall–Kier alpha value is -1.86. The van der Waals surface area contributed by atoms with Gasteiger partial charge in [-0.1, -0.05) is 6.92 Å². The van der Waals surface area contributed by atoms with E-state index in [4.69, 9.17) is 10.3 Å². The number of rotatable bonds is 7. The molecule has 0 unspecified atom stereocenters. The van der Waals surface area contributed by atoms with Crippen LogP contribution in [0.5, 0.6) is 0 Å². The van der Waals surface area contributed by atoms with Crippen molar-refractivity contribution < 1.29 is 14.0 Å². The van der Waals surface area contributed by atoms with Gasteiger partial charge < -0.3 is 9.73 Å². The average molecular weight is 296 g/mol. The minimum Gasteiger partial charge on any atom is -0.454 e. The molecule has 0 aliphatic carbocycles. The molecule has 0 aliphatic heterocycles. The molecule has 1 aromatic rings. The Kier molecular flexibility index (Phi) is 6.39. The normalized spacial score (nSPS) is 11.0. The largest absolute Gasteiger partial charge is 0.454 e. The highest BCUT2D eigenvalue weighted by molar-refractivity contribution is 5.92. The molecule has 7 nitrogen and oxygen atoms in total. The summed E-state index contributed by atoms with van der Waals surface area (Å²) in [7, 11) is 0. The van der Waals surface area contributed by atoms with Gasteiger partial charge in [0.05, 0.1) is 13.1 Å². The minimum atomic E-state index is -0.459. The van der Waals surface area contributed by atoms with Crippen LogP contribution in [0.25, 0.3) is 0 Å². The first kappa shape index (κ1) is 17.2. The van der Waals surface area contributed by atoms with Gasteiger partial charge in [-0.2, -0.15) is 0 Å². The standard InChI is InChI=1S/C14H24N4O3/c1-5-18(8-12(19)16-9(2)3)7-11-6-10(4)13(21-11)14(20)17-15/h6,9H,5,7-8,15H2,1-4H3,(H,16,19)(H,17,20). The Morgan fingerprint density at radius 2 is 2.10 bits per heavy atom. The maximum atomic E-state index is 11.8. The monoisotopic (exact) mass is 296 g/mol. The van der Waals surface area contributed by atoms with Gasteiger partial charge in [-0.3, -0.25) is 19.9 Å². The Bertz CT molecular complexity index is 496. The van der Waals surface area contributed by atoms with Gasteiger partial charge in [-0.15, -0.1) is 0 Å². The van der Waals surface area contributed by atoms with E-state index < -0.39 is 5.91 Å². The zero-order chi connectivity index (χ0) is 16.0. The van der Waals surface area contributed by atoms with E-state index in [0.717, 1.165) is 5.56 Å². The van der Waals surface area contributed by atoms with E-state index >= 15 is 0 Å². The number of aryl methyl sites for hydroxylation is 1. The summed E-state index contributed by atoms with van der Waals surface area (Å²) in [5.41, 5.74) is 2.76. The van der Waals surface area contributed by atoms with E-state index in [-0.39, 0.29) is 24.3 Å². The number of furan rings is 1. The number of carbonyl (C=O) groups excluding carboxylic acids is 2. The molecule has 0 aromatic carbocycles. The zero-order valence-corrected chi connectivity index (χ0v) is 13.0. The molecule has 2 amide bonds.